The molecular weight excluding hydrogens is 965 g/mol. The van der Waals surface area contributed by atoms with Gasteiger partial charge in [-0.25, -0.2) is 14.4 Å². The number of benzene rings is 8. The normalized spacial score (nSPS) is 18.6. The summed E-state index contributed by atoms with van der Waals surface area (Å²) in [5.41, 5.74) is 6.40. The van der Waals surface area contributed by atoms with Crippen LogP contribution < -0.4 is 9.64 Å². The Bertz CT molecular complexity index is 3390. The maximum Gasteiger partial charge on any atom is 0.414 e. The summed E-state index contributed by atoms with van der Waals surface area (Å²) in [5.74, 6) is -1.52. The number of rotatable bonds is 15. The molecule has 0 radical (unpaired) electrons. The van der Waals surface area contributed by atoms with Crippen LogP contribution >= 0.6 is 0 Å². The quantitative estimate of drug-likeness (QED) is 0.0348. The number of ether oxygens (including phenoxy) is 4. The molecule has 8 aromatic carbocycles. The van der Waals surface area contributed by atoms with E-state index < -0.39 is 53.3 Å². The summed E-state index contributed by atoms with van der Waals surface area (Å²) in [5, 5.41) is 0.483. The molecule has 1 amide bonds. The number of hydrogen-bond acceptors (Lipinski definition) is 10. The molecule has 5 atom stereocenters. The number of aromatic nitrogens is 1. The molecule has 77 heavy (non-hydrogen) atoms. The molecule has 1 N–H and O–H groups in total. The Morgan fingerprint density at radius 1 is 0.532 bits per heavy atom. The molecule has 3 aliphatic heterocycles. The zero-order valence-electron chi connectivity index (χ0n) is 42.2. The number of fused-ring (bicyclic) bond motifs is 3. The molecule has 2 saturated heterocycles. The van der Waals surface area contributed by atoms with E-state index in [2.05, 4.69) is 87.6 Å². The zero-order chi connectivity index (χ0) is 52.5. The van der Waals surface area contributed by atoms with Gasteiger partial charge in [-0.15, -0.1) is 0 Å². The number of esters is 3. The average Bonchev–Trinajstić information content (AvgIpc) is 4.62. The highest BCUT2D eigenvalue weighted by atomic mass is 16.6. The number of carbonyl (C=O) groups excluding carboxylic acids is 4. The molecule has 12 nitrogen and oxygen atoms in total. The Morgan fingerprint density at radius 3 is 1.38 bits per heavy atom. The first-order valence-corrected chi connectivity index (χ1v) is 25.8. The molecule has 382 valence electrons. The van der Waals surface area contributed by atoms with E-state index in [1.54, 1.807) is 12.1 Å². The third-order valence-corrected chi connectivity index (χ3v) is 15.2. The van der Waals surface area contributed by atoms with E-state index in [9.17, 15) is 19.2 Å². The van der Waals surface area contributed by atoms with Crippen LogP contribution in [0.1, 0.15) is 55.0 Å². The molecule has 2 fully saturated rings. The second kappa shape index (κ2) is 20.6. The second-order valence-corrected chi connectivity index (χ2v) is 19.6. The van der Waals surface area contributed by atoms with Crippen molar-refractivity contribution in [2.24, 2.45) is 0 Å². The van der Waals surface area contributed by atoms with Gasteiger partial charge in [0.25, 0.3) is 0 Å². The van der Waals surface area contributed by atoms with Crippen molar-refractivity contribution in [2.45, 2.75) is 42.3 Å². The maximum absolute atomic E-state index is 14.9. The van der Waals surface area contributed by atoms with E-state index in [-0.39, 0.29) is 31.0 Å². The number of amides is 1. The molecule has 12 heteroatoms. The Morgan fingerprint density at radius 2 is 0.948 bits per heavy atom. The Hall–Kier alpha value is -9.10. The van der Waals surface area contributed by atoms with Crippen LogP contribution in [-0.4, -0.2) is 83.7 Å². The van der Waals surface area contributed by atoms with Gasteiger partial charge in [0.1, 0.15) is 30.5 Å². The maximum atomic E-state index is 14.9. The molecule has 0 bridgehead atoms. The molecule has 4 heterocycles. The number of aromatic amines is 1. The van der Waals surface area contributed by atoms with Gasteiger partial charge in [0.05, 0.1) is 35.9 Å². The number of nitrogens with one attached hydrogen (secondary N) is 1. The minimum Gasteiger partial charge on any atom is -0.464 e. The van der Waals surface area contributed by atoms with Crippen molar-refractivity contribution in [3.63, 3.8) is 0 Å². The van der Waals surface area contributed by atoms with Gasteiger partial charge < -0.3 is 23.9 Å². The lowest BCUT2D eigenvalue weighted by atomic mass is 9.76. The van der Waals surface area contributed by atoms with Crippen molar-refractivity contribution in [1.82, 2.24) is 14.8 Å². The van der Waals surface area contributed by atoms with Crippen LogP contribution in [0, 0.1) is 0 Å². The smallest absolute Gasteiger partial charge is 0.414 e. The number of methoxy groups -OCH3 is 1. The van der Waals surface area contributed by atoms with Crippen LogP contribution in [0.15, 0.2) is 224 Å². The van der Waals surface area contributed by atoms with Gasteiger partial charge >= 0.3 is 24.0 Å². The molecule has 3 unspecified atom stereocenters. The average molecular weight is 1020 g/mol. The number of carbonyl (C=O) groups is 4. The fourth-order valence-corrected chi connectivity index (χ4v) is 11.6. The monoisotopic (exact) mass is 1020 g/mol. The third kappa shape index (κ3) is 8.90. The van der Waals surface area contributed by atoms with E-state index in [4.69, 9.17) is 18.9 Å². The standard InChI is InChI=1S/C65H54N4O8/c1-74-60(70)54-38-53-52-37-51(76-61(71)56-41-68(56)64(45-25-11-3-12-26-45,46-27-13-4-14-28-46)47-29-15-5-16-30-47)40-67(63(73)75-43-44-23-9-2-10-24-44)55(52)39-58(59(53)66-54)77-62(72)57-42-69(57)65(48-31-17-6-18-32-48,49-33-19-7-20-34-49)50-35-21-8-22-36-50/h2-36,38-39,51,56-57,66H,37,40-43H2,1H3/t51?,56-,57-,68?,69?/m0/s1. The van der Waals surface area contributed by atoms with Crippen molar-refractivity contribution >= 4 is 40.6 Å². The van der Waals surface area contributed by atoms with Crippen LogP contribution in [0.3, 0.4) is 0 Å². The van der Waals surface area contributed by atoms with Crippen LogP contribution in [0.5, 0.6) is 5.75 Å². The number of H-pyrrole nitrogens is 1. The number of nitrogens with zero attached hydrogens (tertiary/aromatic N) is 3. The zero-order valence-corrected chi connectivity index (χ0v) is 42.2. The third-order valence-electron chi connectivity index (χ3n) is 15.2. The van der Waals surface area contributed by atoms with Crippen molar-refractivity contribution in [3.05, 3.63) is 275 Å². The van der Waals surface area contributed by atoms with Gasteiger partial charge in [-0.05, 0) is 50.6 Å². The molecule has 0 aliphatic carbocycles. The summed E-state index contributed by atoms with van der Waals surface area (Å²) >= 11 is 0. The SMILES string of the molecule is COC(=O)c1cc2c3c(cc(OC(=O)[C@@H]4CN4C(c4ccccc4)(c4ccccc4)c4ccccc4)c2[nH]1)N(C(=O)OCc1ccccc1)CC(OC(=O)[C@@H]1CN1C(c1ccccc1)(c1ccccc1)c1ccccc1)C3. The fourth-order valence-electron chi connectivity index (χ4n) is 11.6. The highest BCUT2D eigenvalue weighted by Gasteiger charge is 2.58. The summed E-state index contributed by atoms with van der Waals surface area (Å²) in [6.45, 7) is 0.677. The number of hydrogen-bond donors (Lipinski definition) is 1. The van der Waals surface area contributed by atoms with E-state index in [0.717, 1.165) is 38.9 Å². The lowest BCUT2D eigenvalue weighted by Crippen LogP contribution is -2.45. The molecule has 0 spiro atoms. The summed E-state index contributed by atoms with van der Waals surface area (Å²) in [6, 6.07) is 72.1. The Balaban J connectivity index is 0.898. The van der Waals surface area contributed by atoms with Crippen LogP contribution in [-0.2, 0) is 47.9 Å². The van der Waals surface area contributed by atoms with Gasteiger partial charge in [-0.3, -0.25) is 19.5 Å². The predicted octanol–water partition coefficient (Wildman–Crippen LogP) is 10.8. The van der Waals surface area contributed by atoms with Crippen molar-refractivity contribution in [1.29, 1.82) is 0 Å². The molecule has 1 aromatic heterocycles. The molecule has 0 saturated carbocycles. The first kappa shape index (κ1) is 48.8. The van der Waals surface area contributed by atoms with Gasteiger partial charge in [-0.2, -0.15) is 0 Å². The minimum atomic E-state index is -0.863. The van der Waals surface area contributed by atoms with Gasteiger partial charge in [0.15, 0.2) is 5.75 Å². The Kier molecular flexibility index (Phi) is 13.0. The van der Waals surface area contributed by atoms with Gasteiger partial charge in [0, 0.05) is 31.0 Å². The topological polar surface area (TPSA) is 130 Å². The second-order valence-electron chi connectivity index (χ2n) is 19.6. The van der Waals surface area contributed by atoms with E-state index in [0.29, 0.717) is 35.2 Å². The summed E-state index contributed by atoms with van der Waals surface area (Å²) in [7, 11) is 1.29. The summed E-state index contributed by atoms with van der Waals surface area (Å²) in [4.78, 5) is 66.6. The van der Waals surface area contributed by atoms with Crippen LogP contribution in [0.2, 0.25) is 0 Å². The van der Waals surface area contributed by atoms with Crippen molar-refractivity contribution < 1.29 is 38.1 Å². The lowest BCUT2D eigenvalue weighted by Gasteiger charge is -2.38. The van der Waals surface area contributed by atoms with E-state index in [1.165, 1.54) is 12.0 Å². The highest BCUT2D eigenvalue weighted by molar-refractivity contribution is 6.04. The fraction of sp³-hybridized carbons (Fsp3) is 0.169. The first-order chi connectivity index (χ1) is 37.8. The first-order valence-electron chi connectivity index (χ1n) is 25.8. The largest absolute Gasteiger partial charge is 0.464 e. The van der Waals surface area contributed by atoms with Crippen LogP contribution in [0.4, 0.5) is 10.5 Å². The minimum absolute atomic E-state index is 0.0300. The Labute approximate surface area is 446 Å². The molecule has 3 aliphatic rings. The molecule has 12 rings (SSSR count). The van der Waals surface area contributed by atoms with Crippen LogP contribution in [0.25, 0.3) is 10.9 Å². The molecular formula is C65H54N4O8. The van der Waals surface area contributed by atoms with Crippen molar-refractivity contribution in [2.75, 3.05) is 31.6 Å². The van der Waals surface area contributed by atoms with Gasteiger partial charge in [-0.1, -0.05) is 212 Å². The predicted molar refractivity (Wildman–Crippen MR) is 292 cm³/mol. The molecule has 9 aromatic rings. The van der Waals surface area contributed by atoms with Gasteiger partial charge in [0.2, 0.25) is 0 Å². The van der Waals surface area contributed by atoms with E-state index >= 15 is 0 Å². The highest BCUT2D eigenvalue weighted by Crippen LogP contribution is 2.51. The number of anilines is 1. The lowest BCUT2D eigenvalue weighted by molar-refractivity contribution is -0.149. The summed E-state index contributed by atoms with van der Waals surface area (Å²) in [6.07, 6.45) is -1.39. The van der Waals surface area contributed by atoms with Crippen molar-refractivity contribution in [3.8, 4) is 5.75 Å². The van der Waals surface area contributed by atoms with E-state index in [1.807, 2.05) is 140 Å². The summed E-state index contributed by atoms with van der Waals surface area (Å²) < 4.78 is 24.2.